The second kappa shape index (κ2) is 16.1. The highest BCUT2D eigenvalue weighted by Crippen LogP contribution is 2.32. The van der Waals surface area contributed by atoms with Crippen LogP contribution in [0.5, 0.6) is 0 Å². The first-order chi connectivity index (χ1) is 16.2. The summed E-state index contributed by atoms with van der Waals surface area (Å²) in [7, 11) is 0. The number of unbranched alkanes of at least 4 members (excludes halogenated alkanes) is 3. The predicted octanol–water partition coefficient (Wildman–Crippen LogP) is 4.58. The fraction of sp³-hybridized carbons (Fsp3) is 0.846. The van der Waals surface area contributed by atoms with Gasteiger partial charge in [0.1, 0.15) is 12.0 Å². The average Bonchev–Trinajstić information content (AvgIpc) is 3.58. The Morgan fingerprint density at radius 2 is 1.49 bits per heavy atom. The molecular formula is C26H48Cl2N6O. The third-order valence-corrected chi connectivity index (χ3v) is 7.71. The van der Waals surface area contributed by atoms with Gasteiger partial charge < -0.3 is 20.2 Å². The lowest BCUT2D eigenvalue weighted by molar-refractivity contribution is -0.0117. The Morgan fingerprint density at radius 1 is 0.829 bits per heavy atom. The molecule has 2 atom stereocenters. The number of rotatable bonds is 12. The van der Waals surface area contributed by atoms with Crippen LogP contribution in [-0.2, 0) is 0 Å². The summed E-state index contributed by atoms with van der Waals surface area (Å²) in [4.78, 5) is 17.3. The van der Waals surface area contributed by atoms with Gasteiger partial charge >= 0.3 is 0 Å². The molecule has 202 valence electrons. The fourth-order valence-electron chi connectivity index (χ4n) is 5.59. The maximum Gasteiger partial charge on any atom is 0.227 e. The summed E-state index contributed by atoms with van der Waals surface area (Å²) < 4.78 is 0. The molecule has 7 nitrogen and oxygen atoms in total. The number of aliphatic hydroxyl groups excluding tert-OH is 1. The molecule has 2 N–H and O–H groups in total. The Morgan fingerprint density at radius 3 is 2.14 bits per heavy atom. The van der Waals surface area contributed by atoms with E-state index in [1.165, 1.54) is 57.1 Å². The summed E-state index contributed by atoms with van der Waals surface area (Å²) in [6, 6.07) is 2.28. The zero-order valence-corrected chi connectivity index (χ0v) is 23.3. The minimum atomic E-state index is -0.344. The summed E-state index contributed by atoms with van der Waals surface area (Å²) >= 11 is 0. The van der Waals surface area contributed by atoms with E-state index in [9.17, 15) is 5.11 Å². The van der Waals surface area contributed by atoms with Crippen molar-refractivity contribution in [3.8, 4) is 0 Å². The number of aromatic nitrogens is 2. The van der Waals surface area contributed by atoms with Crippen LogP contribution in [0.2, 0.25) is 0 Å². The van der Waals surface area contributed by atoms with Crippen LogP contribution in [0.25, 0.3) is 0 Å². The minimum absolute atomic E-state index is 0. The van der Waals surface area contributed by atoms with Crippen LogP contribution in [0.4, 0.5) is 11.8 Å². The van der Waals surface area contributed by atoms with Crippen molar-refractivity contribution >= 4 is 36.6 Å². The number of hydrogen-bond donors (Lipinski definition) is 2. The Balaban J connectivity index is 0.00000216. The van der Waals surface area contributed by atoms with Gasteiger partial charge in [-0.05, 0) is 44.9 Å². The van der Waals surface area contributed by atoms with E-state index < -0.39 is 0 Å². The lowest BCUT2D eigenvalue weighted by atomic mass is 9.92. The number of aliphatic hydroxyl groups is 1. The second-order valence-electron chi connectivity index (χ2n) is 10.2. The van der Waals surface area contributed by atoms with Crippen LogP contribution in [-0.4, -0.2) is 78.6 Å². The monoisotopic (exact) mass is 530 g/mol. The number of piperazine rings is 1. The third kappa shape index (κ3) is 8.89. The van der Waals surface area contributed by atoms with Crippen molar-refractivity contribution in [2.45, 2.75) is 89.7 Å². The molecule has 4 heterocycles. The highest BCUT2D eigenvalue weighted by atomic mass is 35.5. The van der Waals surface area contributed by atoms with E-state index in [1.807, 2.05) is 0 Å². The number of halogens is 2. The summed E-state index contributed by atoms with van der Waals surface area (Å²) in [6.07, 6.45) is 12.7. The van der Waals surface area contributed by atoms with Crippen molar-refractivity contribution in [1.29, 1.82) is 0 Å². The molecule has 0 saturated carbocycles. The molecule has 35 heavy (non-hydrogen) atoms. The van der Waals surface area contributed by atoms with Gasteiger partial charge in [0.15, 0.2) is 0 Å². The predicted molar refractivity (Wildman–Crippen MR) is 151 cm³/mol. The molecule has 2 unspecified atom stereocenters. The zero-order chi connectivity index (χ0) is 22.9. The van der Waals surface area contributed by atoms with Gasteiger partial charge in [0.05, 0.1) is 5.69 Å². The summed E-state index contributed by atoms with van der Waals surface area (Å²) in [5, 5.41) is 14.3. The van der Waals surface area contributed by atoms with E-state index in [2.05, 4.69) is 33.0 Å². The molecule has 3 aliphatic heterocycles. The smallest absolute Gasteiger partial charge is 0.227 e. The van der Waals surface area contributed by atoms with Crippen molar-refractivity contribution in [3.63, 3.8) is 0 Å². The molecule has 3 fully saturated rings. The number of hydrogen-bond acceptors (Lipinski definition) is 7. The normalized spacial score (nSPS) is 20.4. The maximum atomic E-state index is 10.9. The van der Waals surface area contributed by atoms with Gasteiger partial charge in [0.25, 0.3) is 0 Å². The molecule has 0 aliphatic carbocycles. The molecule has 0 bridgehead atoms. The highest BCUT2D eigenvalue weighted by molar-refractivity contribution is 5.85. The summed E-state index contributed by atoms with van der Waals surface area (Å²) in [5.74, 6) is 2.46. The molecule has 9 heteroatoms. The van der Waals surface area contributed by atoms with Crippen LogP contribution >= 0.6 is 24.8 Å². The molecule has 0 amide bonds. The molecule has 3 saturated heterocycles. The number of anilines is 2. The fourth-order valence-corrected chi connectivity index (χ4v) is 5.59. The Labute approximate surface area is 225 Å². The molecule has 4 rings (SSSR count). The quantitative estimate of drug-likeness (QED) is 0.383. The lowest BCUT2D eigenvalue weighted by Crippen LogP contribution is -2.48. The third-order valence-electron chi connectivity index (χ3n) is 7.71. The minimum Gasteiger partial charge on any atom is -0.378 e. The molecule has 0 spiro atoms. The first-order valence-corrected chi connectivity index (χ1v) is 13.8. The van der Waals surface area contributed by atoms with Gasteiger partial charge in [-0.1, -0.05) is 32.6 Å². The van der Waals surface area contributed by atoms with E-state index in [4.69, 9.17) is 9.97 Å². The number of nitrogens with zero attached hydrogens (tertiary/aromatic N) is 5. The first-order valence-electron chi connectivity index (χ1n) is 13.8. The van der Waals surface area contributed by atoms with Crippen molar-refractivity contribution < 1.29 is 5.11 Å². The van der Waals surface area contributed by atoms with Gasteiger partial charge in [0, 0.05) is 64.3 Å². The van der Waals surface area contributed by atoms with E-state index >= 15 is 0 Å². The molecule has 1 aromatic rings. The van der Waals surface area contributed by atoms with Crippen LogP contribution in [0, 0.1) is 0 Å². The van der Waals surface area contributed by atoms with E-state index in [-0.39, 0.29) is 31.0 Å². The van der Waals surface area contributed by atoms with Crippen LogP contribution in [0.3, 0.4) is 0 Å². The zero-order valence-electron chi connectivity index (χ0n) is 21.7. The van der Waals surface area contributed by atoms with Crippen LogP contribution in [0.1, 0.15) is 89.2 Å². The lowest BCUT2D eigenvalue weighted by Gasteiger charge is -2.32. The molecule has 0 aromatic carbocycles. The molecule has 0 radical (unpaired) electrons. The van der Waals surface area contributed by atoms with E-state index in [0.717, 1.165) is 83.4 Å². The summed E-state index contributed by atoms with van der Waals surface area (Å²) in [5.41, 5.74) is 1.21. The van der Waals surface area contributed by atoms with Gasteiger partial charge in [-0.3, -0.25) is 4.90 Å². The van der Waals surface area contributed by atoms with E-state index in [1.54, 1.807) is 0 Å². The van der Waals surface area contributed by atoms with E-state index in [0.29, 0.717) is 5.92 Å². The first kappa shape index (κ1) is 30.4. The Hall–Kier alpha value is -0.860. The second-order valence-corrected chi connectivity index (χ2v) is 10.2. The van der Waals surface area contributed by atoms with Crippen molar-refractivity contribution in [2.24, 2.45) is 0 Å². The van der Waals surface area contributed by atoms with Gasteiger partial charge in [-0.15, -0.1) is 24.8 Å². The van der Waals surface area contributed by atoms with Gasteiger partial charge in [-0.25, -0.2) is 4.98 Å². The van der Waals surface area contributed by atoms with Crippen molar-refractivity contribution in [1.82, 2.24) is 20.2 Å². The maximum absolute atomic E-state index is 10.9. The topological polar surface area (TPSA) is 67.8 Å². The Bertz CT molecular complexity index is 675. The van der Waals surface area contributed by atoms with Crippen molar-refractivity contribution in [3.05, 3.63) is 11.8 Å². The largest absolute Gasteiger partial charge is 0.378 e. The highest BCUT2D eigenvalue weighted by Gasteiger charge is 2.25. The SMILES string of the molecule is CCCCCCC(CCC(O)N1CCNCC1)c1cc(N2CCCC2)nc(N2CCCC2)n1.Cl.Cl. The molecule has 1 aromatic heterocycles. The summed E-state index contributed by atoms with van der Waals surface area (Å²) in [6.45, 7) is 10.5. The average molecular weight is 532 g/mol. The van der Waals surface area contributed by atoms with Gasteiger partial charge in [0.2, 0.25) is 5.95 Å². The molecule has 3 aliphatic rings. The van der Waals surface area contributed by atoms with Gasteiger partial charge in [-0.2, -0.15) is 4.98 Å². The van der Waals surface area contributed by atoms with Crippen molar-refractivity contribution in [2.75, 3.05) is 62.2 Å². The molecular weight excluding hydrogens is 483 g/mol. The van der Waals surface area contributed by atoms with Crippen LogP contribution < -0.4 is 15.1 Å². The number of nitrogens with one attached hydrogen (secondary N) is 1. The van der Waals surface area contributed by atoms with Crippen LogP contribution in [0.15, 0.2) is 6.07 Å². The Kier molecular flexibility index (Phi) is 14.0. The standard InChI is InChI=1S/C26H46N6O.2ClH/c1-2-3-4-5-10-22(11-12-25(33)31-19-13-27-14-20-31)23-21-24(30-15-6-7-16-30)29-26(28-23)32-17-8-9-18-32;;/h21-22,25,27,33H,2-20H2,1H3;2*1H.